The molecule has 5 nitrogen and oxygen atoms in total. The highest BCUT2D eigenvalue weighted by Gasteiger charge is 2.29. The van der Waals surface area contributed by atoms with E-state index in [1.807, 2.05) is 13.0 Å². The number of aromatic hydroxyl groups is 1. The third-order valence-electron chi connectivity index (χ3n) is 4.39. The molecule has 1 aromatic rings. The maximum atomic E-state index is 9.84. The molecule has 23 heavy (non-hydrogen) atoms. The maximum absolute atomic E-state index is 9.84. The standard InChI is InChI=1S/C18H27N3O2/c1-4-8-20-9-10-21(13-14(20)3)16(12-19)15-6-7-17(22)18(11-15)23-5-2/h6-7,11,14,16,22H,4-5,8-10,13H2,1-3H3. The topological polar surface area (TPSA) is 59.7 Å². The van der Waals surface area contributed by atoms with Gasteiger partial charge in [-0.15, -0.1) is 0 Å². The van der Waals surface area contributed by atoms with Crippen molar-refractivity contribution in [1.82, 2.24) is 9.80 Å². The molecule has 1 aromatic carbocycles. The van der Waals surface area contributed by atoms with Crippen molar-refractivity contribution in [3.63, 3.8) is 0 Å². The molecule has 0 radical (unpaired) electrons. The summed E-state index contributed by atoms with van der Waals surface area (Å²) in [6, 6.07) is 7.77. The van der Waals surface area contributed by atoms with Crippen LogP contribution in [0.25, 0.3) is 0 Å². The van der Waals surface area contributed by atoms with E-state index in [9.17, 15) is 10.4 Å². The van der Waals surface area contributed by atoms with Crippen LogP contribution in [0.2, 0.25) is 0 Å². The zero-order valence-electron chi connectivity index (χ0n) is 14.3. The van der Waals surface area contributed by atoms with Gasteiger partial charge in [0.2, 0.25) is 0 Å². The third-order valence-corrected chi connectivity index (χ3v) is 4.39. The molecule has 5 heteroatoms. The summed E-state index contributed by atoms with van der Waals surface area (Å²) in [6.45, 7) is 10.6. The van der Waals surface area contributed by atoms with Crippen molar-refractivity contribution in [2.24, 2.45) is 0 Å². The summed E-state index contributed by atoms with van der Waals surface area (Å²) in [5, 5.41) is 19.5. The molecule has 0 spiro atoms. The van der Waals surface area contributed by atoms with Crippen molar-refractivity contribution in [3.8, 4) is 17.6 Å². The SMILES string of the molecule is CCCN1CCN(C(C#N)c2ccc(O)c(OCC)c2)CC1C. The maximum Gasteiger partial charge on any atom is 0.161 e. The van der Waals surface area contributed by atoms with Crippen LogP contribution in [0.15, 0.2) is 18.2 Å². The number of piperazine rings is 1. The first-order valence-corrected chi connectivity index (χ1v) is 8.44. The molecule has 0 aromatic heterocycles. The zero-order chi connectivity index (χ0) is 16.8. The van der Waals surface area contributed by atoms with Crippen LogP contribution in [-0.2, 0) is 0 Å². The van der Waals surface area contributed by atoms with E-state index in [2.05, 4.69) is 29.7 Å². The summed E-state index contributed by atoms with van der Waals surface area (Å²) in [6.07, 6.45) is 1.15. The molecule has 1 fully saturated rings. The molecular weight excluding hydrogens is 290 g/mol. The van der Waals surface area contributed by atoms with Gasteiger partial charge in [0.05, 0.1) is 12.7 Å². The van der Waals surface area contributed by atoms with Gasteiger partial charge in [0.25, 0.3) is 0 Å². The second-order valence-electron chi connectivity index (χ2n) is 6.07. The monoisotopic (exact) mass is 317 g/mol. The first kappa shape index (κ1) is 17.6. The summed E-state index contributed by atoms with van der Waals surface area (Å²) >= 11 is 0. The number of benzene rings is 1. The largest absolute Gasteiger partial charge is 0.504 e. The van der Waals surface area contributed by atoms with E-state index in [0.717, 1.165) is 38.2 Å². The summed E-state index contributed by atoms with van der Waals surface area (Å²) in [5.41, 5.74) is 0.880. The fourth-order valence-electron chi connectivity index (χ4n) is 3.22. The molecule has 1 heterocycles. The molecule has 0 amide bonds. The number of nitrogens with zero attached hydrogens (tertiary/aromatic N) is 3. The number of rotatable bonds is 6. The second-order valence-corrected chi connectivity index (χ2v) is 6.07. The van der Waals surface area contributed by atoms with Gasteiger partial charge in [-0.05, 0) is 44.5 Å². The lowest BCUT2D eigenvalue weighted by Crippen LogP contribution is -2.52. The molecule has 2 atom stereocenters. The van der Waals surface area contributed by atoms with E-state index < -0.39 is 0 Å². The van der Waals surface area contributed by atoms with Gasteiger partial charge in [-0.1, -0.05) is 13.0 Å². The van der Waals surface area contributed by atoms with E-state index in [1.165, 1.54) is 0 Å². The predicted molar refractivity (Wildman–Crippen MR) is 90.5 cm³/mol. The Hall–Kier alpha value is -1.77. The van der Waals surface area contributed by atoms with Crippen molar-refractivity contribution >= 4 is 0 Å². The molecule has 1 aliphatic rings. The Morgan fingerprint density at radius 1 is 1.39 bits per heavy atom. The van der Waals surface area contributed by atoms with Gasteiger partial charge in [0.1, 0.15) is 6.04 Å². The van der Waals surface area contributed by atoms with Gasteiger partial charge in [0.15, 0.2) is 11.5 Å². The molecule has 2 unspecified atom stereocenters. The van der Waals surface area contributed by atoms with Crippen LogP contribution < -0.4 is 4.74 Å². The van der Waals surface area contributed by atoms with Crippen LogP contribution in [0.3, 0.4) is 0 Å². The minimum Gasteiger partial charge on any atom is -0.504 e. The number of ether oxygens (including phenoxy) is 1. The first-order valence-electron chi connectivity index (χ1n) is 8.44. The third kappa shape index (κ3) is 4.15. The Morgan fingerprint density at radius 2 is 2.17 bits per heavy atom. The molecule has 0 saturated carbocycles. The summed E-state index contributed by atoms with van der Waals surface area (Å²) in [5.74, 6) is 0.566. The summed E-state index contributed by atoms with van der Waals surface area (Å²) in [7, 11) is 0. The molecular formula is C18H27N3O2. The van der Waals surface area contributed by atoms with Crippen LogP contribution in [0.4, 0.5) is 0 Å². The average molecular weight is 317 g/mol. The number of hydrogen-bond acceptors (Lipinski definition) is 5. The number of nitriles is 1. The highest BCUT2D eigenvalue weighted by Crippen LogP contribution is 2.32. The van der Waals surface area contributed by atoms with Crippen LogP contribution in [-0.4, -0.2) is 53.7 Å². The molecule has 126 valence electrons. The van der Waals surface area contributed by atoms with Gasteiger partial charge < -0.3 is 9.84 Å². The Morgan fingerprint density at radius 3 is 2.78 bits per heavy atom. The minimum absolute atomic E-state index is 0.119. The van der Waals surface area contributed by atoms with E-state index in [1.54, 1.807) is 12.1 Å². The van der Waals surface area contributed by atoms with Crippen molar-refractivity contribution in [3.05, 3.63) is 23.8 Å². The quantitative estimate of drug-likeness (QED) is 0.874. The molecule has 2 rings (SSSR count). The lowest BCUT2D eigenvalue weighted by atomic mass is 10.0. The number of phenolic OH excluding ortho intramolecular Hbond substituents is 1. The normalized spacial score (nSPS) is 20.9. The summed E-state index contributed by atoms with van der Waals surface area (Å²) < 4.78 is 5.44. The lowest BCUT2D eigenvalue weighted by Gasteiger charge is -2.41. The van der Waals surface area contributed by atoms with Crippen molar-refractivity contribution in [2.45, 2.75) is 39.3 Å². The average Bonchev–Trinajstić information content (AvgIpc) is 2.54. The number of phenols is 1. The zero-order valence-corrected chi connectivity index (χ0v) is 14.3. The van der Waals surface area contributed by atoms with Crippen molar-refractivity contribution < 1.29 is 9.84 Å². The molecule has 1 N–H and O–H groups in total. The van der Waals surface area contributed by atoms with Crippen LogP contribution in [0.1, 0.15) is 38.8 Å². The van der Waals surface area contributed by atoms with E-state index in [-0.39, 0.29) is 11.8 Å². The van der Waals surface area contributed by atoms with Gasteiger partial charge in [-0.3, -0.25) is 9.80 Å². The fourth-order valence-corrected chi connectivity index (χ4v) is 3.22. The molecule has 0 aliphatic carbocycles. The van der Waals surface area contributed by atoms with Crippen LogP contribution in [0, 0.1) is 11.3 Å². The molecule has 1 saturated heterocycles. The van der Waals surface area contributed by atoms with Gasteiger partial charge in [0, 0.05) is 25.7 Å². The van der Waals surface area contributed by atoms with Crippen LogP contribution >= 0.6 is 0 Å². The summed E-state index contributed by atoms with van der Waals surface area (Å²) in [4.78, 5) is 4.70. The first-order chi connectivity index (χ1) is 11.1. The minimum atomic E-state index is -0.305. The Bertz CT molecular complexity index is 556. The number of hydrogen-bond donors (Lipinski definition) is 1. The van der Waals surface area contributed by atoms with Crippen molar-refractivity contribution in [2.75, 3.05) is 32.8 Å². The second kappa shape index (κ2) is 8.19. The van der Waals surface area contributed by atoms with Crippen LogP contribution in [0.5, 0.6) is 11.5 Å². The van der Waals surface area contributed by atoms with E-state index >= 15 is 0 Å². The Labute approximate surface area is 139 Å². The van der Waals surface area contributed by atoms with Gasteiger partial charge in [-0.2, -0.15) is 5.26 Å². The Kier molecular flexibility index (Phi) is 6.26. The smallest absolute Gasteiger partial charge is 0.161 e. The van der Waals surface area contributed by atoms with Gasteiger partial charge in [-0.25, -0.2) is 0 Å². The fraction of sp³-hybridized carbons (Fsp3) is 0.611. The lowest BCUT2D eigenvalue weighted by molar-refractivity contribution is 0.0690. The Balaban J connectivity index is 2.14. The van der Waals surface area contributed by atoms with E-state index in [4.69, 9.17) is 4.74 Å². The highest BCUT2D eigenvalue weighted by atomic mass is 16.5. The van der Waals surface area contributed by atoms with E-state index in [0.29, 0.717) is 18.4 Å². The van der Waals surface area contributed by atoms with Crippen molar-refractivity contribution in [1.29, 1.82) is 5.26 Å². The molecule has 0 bridgehead atoms. The molecule has 1 aliphatic heterocycles. The predicted octanol–water partition coefficient (Wildman–Crippen LogP) is 2.77. The highest BCUT2D eigenvalue weighted by molar-refractivity contribution is 5.44. The van der Waals surface area contributed by atoms with Gasteiger partial charge >= 0.3 is 0 Å².